The molecule has 8 nitrogen and oxygen atoms in total. The van der Waals surface area contributed by atoms with Crippen molar-refractivity contribution >= 4 is 50.1 Å². The zero-order valence-corrected chi connectivity index (χ0v) is 16.9. The highest BCUT2D eigenvalue weighted by Crippen LogP contribution is 2.45. The standard InChI is InChI=1S/C20H13BrN4O4/c1-25-13(20(27)28-2)8-14(23-25)22-12-7-11(21)17-16-15(12)18(26)9-5-3-4-6-10(9)19(16)29-24-17/h3-8H,1-2H3,(H,22,23). The van der Waals surface area contributed by atoms with Crippen molar-refractivity contribution in [2.75, 3.05) is 12.4 Å². The molecular weight excluding hydrogens is 440 g/mol. The minimum atomic E-state index is -0.502. The third-order valence-corrected chi connectivity index (χ3v) is 5.49. The van der Waals surface area contributed by atoms with Crippen molar-refractivity contribution in [1.29, 1.82) is 0 Å². The summed E-state index contributed by atoms with van der Waals surface area (Å²) in [7, 11) is 2.95. The molecule has 2 aromatic heterocycles. The van der Waals surface area contributed by atoms with Crippen LogP contribution in [0, 0.1) is 0 Å². The first-order valence-electron chi connectivity index (χ1n) is 8.65. The summed E-state index contributed by atoms with van der Waals surface area (Å²) in [5, 5.41) is 12.2. The second kappa shape index (κ2) is 6.28. The van der Waals surface area contributed by atoms with E-state index in [1.165, 1.54) is 11.8 Å². The maximum Gasteiger partial charge on any atom is 0.356 e. The Balaban J connectivity index is 1.71. The Hall–Kier alpha value is -3.46. The van der Waals surface area contributed by atoms with E-state index in [0.717, 1.165) is 0 Å². The summed E-state index contributed by atoms with van der Waals surface area (Å²) in [5.41, 5.74) is 3.08. The molecule has 4 aromatic rings. The van der Waals surface area contributed by atoms with Crippen LogP contribution in [0.4, 0.5) is 11.5 Å². The number of halogens is 1. The zero-order valence-electron chi connectivity index (χ0n) is 15.3. The summed E-state index contributed by atoms with van der Waals surface area (Å²) in [6, 6.07) is 10.6. The highest BCUT2D eigenvalue weighted by molar-refractivity contribution is 9.10. The first kappa shape index (κ1) is 17.6. The van der Waals surface area contributed by atoms with Crippen LogP contribution in [0.2, 0.25) is 0 Å². The lowest BCUT2D eigenvalue weighted by molar-refractivity contribution is 0.0588. The average Bonchev–Trinajstić information content (AvgIpc) is 3.31. The molecule has 0 saturated heterocycles. The van der Waals surface area contributed by atoms with Crippen LogP contribution >= 0.6 is 15.9 Å². The van der Waals surface area contributed by atoms with Crippen LogP contribution in [-0.2, 0) is 11.8 Å². The molecule has 2 aromatic carbocycles. The Bertz CT molecular complexity index is 1340. The monoisotopic (exact) mass is 452 g/mol. The molecule has 0 radical (unpaired) electrons. The van der Waals surface area contributed by atoms with E-state index in [1.54, 1.807) is 25.2 Å². The molecule has 0 spiro atoms. The van der Waals surface area contributed by atoms with Crippen molar-refractivity contribution < 1.29 is 18.8 Å². The molecule has 0 atom stereocenters. The fraction of sp³-hybridized carbons (Fsp3) is 0.100. The van der Waals surface area contributed by atoms with Gasteiger partial charge in [0, 0.05) is 28.7 Å². The minimum absolute atomic E-state index is 0.138. The molecule has 0 amide bonds. The maximum absolute atomic E-state index is 13.3. The van der Waals surface area contributed by atoms with Crippen LogP contribution in [0.25, 0.3) is 22.2 Å². The first-order valence-corrected chi connectivity index (χ1v) is 9.44. The maximum atomic E-state index is 13.3. The first-order chi connectivity index (χ1) is 14.0. The predicted octanol–water partition coefficient (Wildman–Crippen LogP) is 4.07. The van der Waals surface area contributed by atoms with Gasteiger partial charge in [-0.15, -0.1) is 0 Å². The molecular formula is C20H13BrN4O4. The highest BCUT2D eigenvalue weighted by Gasteiger charge is 2.32. The van der Waals surface area contributed by atoms with E-state index in [1.807, 2.05) is 18.2 Å². The molecule has 0 bridgehead atoms. The molecule has 0 saturated carbocycles. The second-order valence-electron chi connectivity index (χ2n) is 6.55. The molecule has 9 heteroatoms. The van der Waals surface area contributed by atoms with E-state index in [-0.39, 0.29) is 11.5 Å². The van der Waals surface area contributed by atoms with E-state index >= 15 is 0 Å². The summed E-state index contributed by atoms with van der Waals surface area (Å²) in [4.78, 5) is 25.2. The Morgan fingerprint density at radius 3 is 2.76 bits per heavy atom. The van der Waals surface area contributed by atoms with Crippen molar-refractivity contribution in [3.05, 3.63) is 57.7 Å². The molecule has 1 aliphatic rings. The predicted molar refractivity (Wildman–Crippen MR) is 108 cm³/mol. The number of esters is 1. The van der Waals surface area contributed by atoms with Gasteiger partial charge in [-0.1, -0.05) is 29.4 Å². The van der Waals surface area contributed by atoms with Crippen molar-refractivity contribution in [2.24, 2.45) is 7.05 Å². The number of aryl methyl sites for hydroxylation is 1. The number of nitrogens with zero attached hydrogens (tertiary/aromatic N) is 3. The normalized spacial score (nSPS) is 12.2. The number of ketones is 1. The number of aromatic nitrogens is 3. The van der Waals surface area contributed by atoms with E-state index in [0.29, 0.717) is 49.3 Å². The molecule has 2 heterocycles. The number of ether oxygens (including phenoxy) is 1. The van der Waals surface area contributed by atoms with E-state index < -0.39 is 5.97 Å². The molecule has 0 fully saturated rings. The fourth-order valence-electron chi connectivity index (χ4n) is 3.58. The SMILES string of the molecule is COC(=O)c1cc(Nc2cc(Br)c3noc4c3c2C(=O)c2ccccc2-4)nn1C. The van der Waals surface area contributed by atoms with Gasteiger partial charge in [0.05, 0.1) is 23.7 Å². The van der Waals surface area contributed by atoms with Crippen LogP contribution in [0.15, 0.2) is 45.4 Å². The van der Waals surface area contributed by atoms with Gasteiger partial charge in [-0.05, 0) is 22.0 Å². The van der Waals surface area contributed by atoms with Gasteiger partial charge in [-0.2, -0.15) is 5.10 Å². The van der Waals surface area contributed by atoms with E-state index in [4.69, 9.17) is 9.26 Å². The van der Waals surface area contributed by atoms with E-state index in [2.05, 4.69) is 31.5 Å². The van der Waals surface area contributed by atoms with E-state index in [9.17, 15) is 9.59 Å². The fourth-order valence-corrected chi connectivity index (χ4v) is 4.08. The number of nitrogens with one attached hydrogen (secondary N) is 1. The summed E-state index contributed by atoms with van der Waals surface area (Å²) in [5.74, 6) is 0.309. The van der Waals surface area contributed by atoms with Gasteiger partial charge in [-0.3, -0.25) is 9.48 Å². The van der Waals surface area contributed by atoms with Crippen LogP contribution in [0.3, 0.4) is 0 Å². The summed E-state index contributed by atoms with van der Waals surface area (Å²) in [6.45, 7) is 0. The largest absolute Gasteiger partial charge is 0.464 e. The number of fused-ring (bicyclic) bond motifs is 2. The van der Waals surface area contributed by atoms with Crippen molar-refractivity contribution in [3.63, 3.8) is 0 Å². The summed E-state index contributed by atoms with van der Waals surface area (Å²) in [6.07, 6.45) is 0. The number of rotatable bonds is 3. The topological polar surface area (TPSA) is 99.2 Å². The van der Waals surface area contributed by atoms with Gasteiger partial charge >= 0.3 is 5.97 Å². The third kappa shape index (κ3) is 2.51. The van der Waals surface area contributed by atoms with Crippen molar-refractivity contribution in [1.82, 2.24) is 14.9 Å². The van der Waals surface area contributed by atoms with Crippen LogP contribution < -0.4 is 5.32 Å². The molecule has 144 valence electrons. The number of anilines is 2. The lowest BCUT2D eigenvalue weighted by atomic mass is 9.87. The smallest absolute Gasteiger partial charge is 0.356 e. The quantitative estimate of drug-likeness (QED) is 0.411. The number of hydrogen-bond donors (Lipinski definition) is 1. The molecule has 0 aliphatic heterocycles. The number of carbonyl (C=O) groups excluding carboxylic acids is 2. The van der Waals surface area contributed by atoms with Gasteiger partial charge in [-0.25, -0.2) is 4.79 Å². The molecule has 5 rings (SSSR count). The van der Waals surface area contributed by atoms with Crippen LogP contribution in [0.5, 0.6) is 0 Å². The number of methoxy groups -OCH3 is 1. The van der Waals surface area contributed by atoms with Gasteiger partial charge < -0.3 is 14.6 Å². The molecule has 1 N–H and O–H groups in total. The average molecular weight is 453 g/mol. The minimum Gasteiger partial charge on any atom is -0.464 e. The number of hydrogen-bond acceptors (Lipinski definition) is 7. The van der Waals surface area contributed by atoms with Crippen LogP contribution in [-0.4, -0.2) is 33.8 Å². The number of carbonyl (C=O) groups is 2. The lowest BCUT2D eigenvalue weighted by Crippen LogP contribution is -2.11. The molecule has 1 aliphatic carbocycles. The number of benzene rings is 2. The van der Waals surface area contributed by atoms with Gasteiger partial charge in [0.1, 0.15) is 11.2 Å². The molecule has 29 heavy (non-hydrogen) atoms. The summed E-state index contributed by atoms with van der Waals surface area (Å²) >= 11 is 3.50. The van der Waals surface area contributed by atoms with Gasteiger partial charge in [0.15, 0.2) is 17.4 Å². The molecule has 0 unspecified atom stereocenters. The van der Waals surface area contributed by atoms with Crippen molar-refractivity contribution in [3.8, 4) is 11.3 Å². The van der Waals surface area contributed by atoms with Crippen LogP contribution in [0.1, 0.15) is 26.4 Å². The summed E-state index contributed by atoms with van der Waals surface area (Å²) < 4.78 is 12.4. The van der Waals surface area contributed by atoms with Gasteiger partial charge in [0.2, 0.25) is 0 Å². The second-order valence-corrected chi connectivity index (χ2v) is 7.40. The zero-order chi connectivity index (χ0) is 20.3. The third-order valence-electron chi connectivity index (χ3n) is 4.89. The Kier molecular flexibility index (Phi) is 3.82. The highest BCUT2D eigenvalue weighted by atomic mass is 79.9. The Morgan fingerprint density at radius 1 is 1.24 bits per heavy atom. The van der Waals surface area contributed by atoms with Crippen molar-refractivity contribution in [2.45, 2.75) is 0 Å². The van der Waals surface area contributed by atoms with Gasteiger partial charge in [0.25, 0.3) is 0 Å². The Labute approximate surface area is 172 Å². The lowest BCUT2D eigenvalue weighted by Gasteiger charge is -2.17. The Morgan fingerprint density at radius 2 is 2.00 bits per heavy atom.